The van der Waals surface area contributed by atoms with Crippen LogP contribution in [-0.4, -0.2) is 33.2 Å². The van der Waals surface area contributed by atoms with Crippen LogP contribution in [0.2, 0.25) is 0 Å². The molecule has 16 heavy (non-hydrogen) atoms. The highest BCUT2D eigenvalue weighted by atomic mass is 16.3. The van der Waals surface area contributed by atoms with Crippen molar-refractivity contribution in [2.24, 2.45) is 5.92 Å². The average Bonchev–Trinajstić information content (AvgIpc) is 2.78. The minimum atomic E-state index is -0.454. The molecular formula is C11H20N4O. The summed E-state index contributed by atoms with van der Waals surface area (Å²) in [7, 11) is 0. The summed E-state index contributed by atoms with van der Waals surface area (Å²) >= 11 is 0. The van der Waals surface area contributed by atoms with Gasteiger partial charge in [0.05, 0.1) is 11.9 Å². The molecule has 0 aromatic carbocycles. The second-order valence-corrected chi connectivity index (χ2v) is 4.75. The van der Waals surface area contributed by atoms with Crippen molar-refractivity contribution < 1.29 is 5.11 Å². The smallest absolute Gasteiger partial charge is 0.101 e. The number of nitrogens with one attached hydrogen (secondary N) is 1. The molecule has 1 fully saturated rings. The maximum absolute atomic E-state index is 10.3. The van der Waals surface area contributed by atoms with Gasteiger partial charge in [-0.2, -0.15) is 0 Å². The van der Waals surface area contributed by atoms with Gasteiger partial charge in [-0.15, -0.1) is 5.10 Å². The fourth-order valence-electron chi connectivity index (χ4n) is 2.25. The highest BCUT2D eigenvalue weighted by Crippen LogP contribution is 2.27. The largest absolute Gasteiger partial charge is 0.386 e. The van der Waals surface area contributed by atoms with E-state index in [0.717, 1.165) is 31.6 Å². The van der Waals surface area contributed by atoms with E-state index in [0.29, 0.717) is 0 Å². The fourth-order valence-corrected chi connectivity index (χ4v) is 2.25. The second-order valence-electron chi connectivity index (χ2n) is 4.75. The Kier molecular flexibility index (Phi) is 3.56. The van der Waals surface area contributed by atoms with Crippen LogP contribution in [0.5, 0.6) is 0 Å². The number of aromatic nitrogens is 3. The highest BCUT2D eigenvalue weighted by molar-refractivity contribution is 5.02. The van der Waals surface area contributed by atoms with Crippen LogP contribution in [0.4, 0.5) is 0 Å². The van der Waals surface area contributed by atoms with Gasteiger partial charge in [0.25, 0.3) is 0 Å². The van der Waals surface area contributed by atoms with Crippen molar-refractivity contribution in [2.45, 2.75) is 38.8 Å². The van der Waals surface area contributed by atoms with Crippen molar-refractivity contribution in [3.63, 3.8) is 0 Å². The minimum Gasteiger partial charge on any atom is -0.386 e. The summed E-state index contributed by atoms with van der Waals surface area (Å²) in [5.41, 5.74) is 0.837. The Morgan fingerprint density at radius 2 is 2.38 bits per heavy atom. The molecule has 0 saturated carbocycles. The third kappa shape index (κ3) is 2.25. The summed E-state index contributed by atoms with van der Waals surface area (Å²) in [6.45, 7) is 6.03. The lowest BCUT2D eigenvalue weighted by Crippen LogP contribution is -2.34. The van der Waals surface area contributed by atoms with Crippen LogP contribution in [0.3, 0.4) is 0 Å². The van der Waals surface area contributed by atoms with Crippen molar-refractivity contribution in [3.8, 4) is 0 Å². The molecule has 1 aliphatic heterocycles. The first kappa shape index (κ1) is 11.5. The Hall–Kier alpha value is -0.940. The molecule has 1 aliphatic rings. The van der Waals surface area contributed by atoms with E-state index in [1.807, 2.05) is 13.8 Å². The average molecular weight is 224 g/mol. The molecule has 0 bridgehead atoms. The van der Waals surface area contributed by atoms with Crippen LogP contribution in [-0.2, 0) is 0 Å². The number of piperidine rings is 1. The molecule has 1 aromatic rings. The molecule has 0 radical (unpaired) electrons. The Morgan fingerprint density at radius 3 is 3.00 bits per heavy atom. The summed E-state index contributed by atoms with van der Waals surface area (Å²) in [5.74, 6) is 0.282. The zero-order valence-electron chi connectivity index (χ0n) is 9.93. The molecule has 2 rings (SSSR count). The van der Waals surface area contributed by atoms with Gasteiger partial charge < -0.3 is 10.4 Å². The predicted octanol–water partition coefficient (Wildman–Crippen LogP) is 0.892. The standard InChI is InChI=1S/C11H20N4O/c1-8(2)15-10(7-13-14-15)11(16)9-4-3-5-12-6-9/h7-9,11-12,16H,3-6H2,1-2H3. The number of hydrogen-bond donors (Lipinski definition) is 2. The second kappa shape index (κ2) is 4.93. The third-order valence-corrected chi connectivity index (χ3v) is 3.18. The molecule has 5 heteroatoms. The molecule has 2 unspecified atom stereocenters. The van der Waals surface area contributed by atoms with Crippen LogP contribution >= 0.6 is 0 Å². The zero-order valence-corrected chi connectivity index (χ0v) is 9.93. The van der Waals surface area contributed by atoms with Crippen molar-refractivity contribution in [3.05, 3.63) is 11.9 Å². The molecule has 1 saturated heterocycles. The number of aliphatic hydroxyl groups excluding tert-OH is 1. The van der Waals surface area contributed by atoms with E-state index in [4.69, 9.17) is 0 Å². The molecular weight excluding hydrogens is 204 g/mol. The molecule has 2 heterocycles. The molecule has 2 N–H and O–H groups in total. The van der Waals surface area contributed by atoms with E-state index in [2.05, 4.69) is 15.6 Å². The Balaban J connectivity index is 2.12. The van der Waals surface area contributed by atoms with Crippen molar-refractivity contribution in [1.29, 1.82) is 0 Å². The first-order valence-electron chi connectivity index (χ1n) is 5.99. The fraction of sp³-hybridized carbons (Fsp3) is 0.818. The molecule has 0 spiro atoms. The lowest BCUT2D eigenvalue weighted by atomic mass is 9.92. The van der Waals surface area contributed by atoms with Gasteiger partial charge in [-0.25, -0.2) is 4.68 Å². The van der Waals surface area contributed by atoms with Gasteiger partial charge in [0, 0.05) is 18.5 Å². The number of nitrogens with zero attached hydrogens (tertiary/aromatic N) is 3. The minimum absolute atomic E-state index is 0.240. The van der Waals surface area contributed by atoms with Gasteiger partial charge in [-0.05, 0) is 33.2 Å². The van der Waals surface area contributed by atoms with Gasteiger partial charge in [0.2, 0.25) is 0 Å². The van der Waals surface area contributed by atoms with Crippen LogP contribution in [0.25, 0.3) is 0 Å². The van der Waals surface area contributed by atoms with Crippen molar-refractivity contribution in [1.82, 2.24) is 20.3 Å². The quantitative estimate of drug-likeness (QED) is 0.800. The highest BCUT2D eigenvalue weighted by Gasteiger charge is 2.26. The summed E-state index contributed by atoms with van der Waals surface area (Å²) in [6.07, 6.45) is 3.42. The summed E-state index contributed by atoms with van der Waals surface area (Å²) < 4.78 is 1.80. The van der Waals surface area contributed by atoms with E-state index < -0.39 is 6.10 Å². The van der Waals surface area contributed by atoms with Gasteiger partial charge in [-0.3, -0.25) is 0 Å². The molecule has 0 amide bonds. The Labute approximate surface area is 95.8 Å². The maximum atomic E-state index is 10.3. The molecule has 2 atom stereocenters. The van der Waals surface area contributed by atoms with E-state index in [9.17, 15) is 5.11 Å². The van der Waals surface area contributed by atoms with Crippen LogP contribution < -0.4 is 5.32 Å². The maximum Gasteiger partial charge on any atom is 0.101 e. The molecule has 1 aromatic heterocycles. The van der Waals surface area contributed by atoms with Gasteiger partial charge in [0.15, 0.2) is 0 Å². The van der Waals surface area contributed by atoms with Crippen LogP contribution in [0, 0.1) is 5.92 Å². The van der Waals surface area contributed by atoms with Crippen molar-refractivity contribution >= 4 is 0 Å². The zero-order chi connectivity index (χ0) is 11.5. The number of rotatable bonds is 3. The summed E-state index contributed by atoms with van der Waals surface area (Å²) in [5, 5.41) is 21.5. The summed E-state index contributed by atoms with van der Waals surface area (Å²) in [6, 6.07) is 0.240. The van der Waals surface area contributed by atoms with E-state index >= 15 is 0 Å². The Bertz CT molecular complexity index is 330. The van der Waals surface area contributed by atoms with Gasteiger partial charge >= 0.3 is 0 Å². The Morgan fingerprint density at radius 1 is 1.56 bits per heavy atom. The third-order valence-electron chi connectivity index (χ3n) is 3.18. The molecule has 0 aliphatic carbocycles. The SMILES string of the molecule is CC(C)n1nncc1C(O)C1CCCNC1. The summed E-state index contributed by atoms with van der Waals surface area (Å²) in [4.78, 5) is 0. The lowest BCUT2D eigenvalue weighted by Gasteiger charge is -2.27. The van der Waals surface area contributed by atoms with Crippen LogP contribution in [0.15, 0.2) is 6.20 Å². The molecule has 5 nitrogen and oxygen atoms in total. The van der Waals surface area contributed by atoms with E-state index in [1.54, 1.807) is 10.9 Å². The van der Waals surface area contributed by atoms with Gasteiger partial charge in [-0.1, -0.05) is 5.21 Å². The normalized spacial score (nSPS) is 23.6. The monoisotopic (exact) mass is 224 g/mol. The van der Waals surface area contributed by atoms with E-state index in [1.165, 1.54) is 0 Å². The first-order chi connectivity index (χ1) is 7.70. The number of aliphatic hydroxyl groups is 1. The molecule has 90 valence electrons. The topological polar surface area (TPSA) is 63.0 Å². The van der Waals surface area contributed by atoms with Gasteiger partial charge in [0.1, 0.15) is 6.10 Å². The van der Waals surface area contributed by atoms with Crippen LogP contribution in [0.1, 0.15) is 44.5 Å². The first-order valence-corrected chi connectivity index (χ1v) is 5.99. The van der Waals surface area contributed by atoms with E-state index in [-0.39, 0.29) is 12.0 Å². The predicted molar refractivity (Wildman–Crippen MR) is 61.0 cm³/mol. The van der Waals surface area contributed by atoms with Crippen molar-refractivity contribution in [2.75, 3.05) is 13.1 Å². The lowest BCUT2D eigenvalue weighted by molar-refractivity contribution is 0.0826. The number of hydrogen-bond acceptors (Lipinski definition) is 4.